The van der Waals surface area contributed by atoms with Gasteiger partial charge < -0.3 is 9.84 Å². The van der Waals surface area contributed by atoms with Gasteiger partial charge in [-0.25, -0.2) is 4.79 Å². The van der Waals surface area contributed by atoms with Crippen LogP contribution in [0.3, 0.4) is 0 Å². The Bertz CT molecular complexity index is 218. The predicted octanol–water partition coefficient (Wildman–Crippen LogP) is 0.795. The number of allylic oxidation sites excluding steroid dienone is 1. The highest BCUT2D eigenvalue weighted by atomic mass is 16.6. The van der Waals surface area contributed by atoms with Gasteiger partial charge in [0, 0.05) is 6.08 Å². The SMILES string of the molecule is CCC=C[C@@H](O)[C@@H]1C=CC(=O)O1. The summed E-state index contributed by atoms with van der Waals surface area (Å²) in [7, 11) is 0. The molecule has 0 amide bonds. The van der Waals surface area contributed by atoms with E-state index in [2.05, 4.69) is 0 Å². The van der Waals surface area contributed by atoms with Crippen molar-refractivity contribution in [1.29, 1.82) is 0 Å². The average molecular weight is 168 g/mol. The van der Waals surface area contributed by atoms with E-state index in [1.54, 1.807) is 12.2 Å². The fourth-order valence-corrected chi connectivity index (χ4v) is 0.955. The maximum absolute atomic E-state index is 10.6. The van der Waals surface area contributed by atoms with Crippen LogP contribution in [0.25, 0.3) is 0 Å². The maximum Gasteiger partial charge on any atom is 0.331 e. The van der Waals surface area contributed by atoms with Crippen LogP contribution in [0.15, 0.2) is 24.3 Å². The zero-order valence-electron chi connectivity index (χ0n) is 6.93. The Balaban J connectivity index is 2.44. The molecule has 12 heavy (non-hydrogen) atoms. The number of ether oxygens (including phenoxy) is 1. The molecule has 3 nitrogen and oxygen atoms in total. The molecule has 3 heteroatoms. The van der Waals surface area contributed by atoms with Crippen LogP contribution in [0.5, 0.6) is 0 Å². The van der Waals surface area contributed by atoms with Crippen molar-refractivity contribution in [3.8, 4) is 0 Å². The molecule has 0 aliphatic carbocycles. The van der Waals surface area contributed by atoms with Gasteiger partial charge in [-0.3, -0.25) is 0 Å². The molecule has 1 N–H and O–H groups in total. The van der Waals surface area contributed by atoms with Gasteiger partial charge in [-0.1, -0.05) is 19.1 Å². The van der Waals surface area contributed by atoms with E-state index in [0.717, 1.165) is 6.42 Å². The van der Waals surface area contributed by atoms with E-state index in [1.165, 1.54) is 6.08 Å². The summed E-state index contributed by atoms with van der Waals surface area (Å²) in [6.45, 7) is 1.97. The molecule has 0 saturated heterocycles. The van der Waals surface area contributed by atoms with Crippen molar-refractivity contribution in [2.75, 3.05) is 0 Å². The van der Waals surface area contributed by atoms with Crippen LogP contribution in [0, 0.1) is 0 Å². The van der Waals surface area contributed by atoms with Crippen molar-refractivity contribution in [2.45, 2.75) is 25.6 Å². The first-order valence-electron chi connectivity index (χ1n) is 3.97. The van der Waals surface area contributed by atoms with E-state index in [-0.39, 0.29) is 5.97 Å². The summed E-state index contributed by atoms with van der Waals surface area (Å²) in [4.78, 5) is 10.6. The molecule has 0 aromatic rings. The van der Waals surface area contributed by atoms with Crippen LogP contribution in [0.2, 0.25) is 0 Å². The summed E-state index contributed by atoms with van der Waals surface area (Å²) in [5.41, 5.74) is 0. The second-order valence-corrected chi connectivity index (χ2v) is 2.59. The summed E-state index contributed by atoms with van der Waals surface area (Å²) in [6, 6.07) is 0. The van der Waals surface area contributed by atoms with Crippen LogP contribution in [-0.2, 0) is 9.53 Å². The summed E-state index contributed by atoms with van der Waals surface area (Å²) in [6.07, 6.45) is 6.01. The highest BCUT2D eigenvalue weighted by Gasteiger charge is 2.22. The highest BCUT2D eigenvalue weighted by molar-refractivity contribution is 5.84. The normalized spacial score (nSPS) is 24.8. The molecule has 0 fully saturated rings. The molecule has 1 rings (SSSR count). The van der Waals surface area contributed by atoms with Crippen molar-refractivity contribution in [3.63, 3.8) is 0 Å². The number of carbonyl (C=O) groups excluding carboxylic acids is 1. The van der Waals surface area contributed by atoms with Crippen LogP contribution < -0.4 is 0 Å². The van der Waals surface area contributed by atoms with Crippen molar-refractivity contribution < 1.29 is 14.6 Å². The van der Waals surface area contributed by atoms with Gasteiger partial charge in [0.25, 0.3) is 0 Å². The van der Waals surface area contributed by atoms with Gasteiger partial charge in [-0.15, -0.1) is 0 Å². The summed E-state index contributed by atoms with van der Waals surface area (Å²) in [5, 5.41) is 9.38. The Kier molecular flexibility index (Phi) is 3.05. The van der Waals surface area contributed by atoms with E-state index >= 15 is 0 Å². The van der Waals surface area contributed by atoms with E-state index in [0.29, 0.717) is 0 Å². The van der Waals surface area contributed by atoms with E-state index in [1.807, 2.05) is 13.0 Å². The van der Waals surface area contributed by atoms with Gasteiger partial charge in [0.1, 0.15) is 6.10 Å². The predicted molar refractivity (Wildman–Crippen MR) is 44.5 cm³/mol. The summed E-state index contributed by atoms with van der Waals surface area (Å²) >= 11 is 0. The number of cyclic esters (lactones) is 1. The summed E-state index contributed by atoms with van der Waals surface area (Å²) in [5.74, 6) is -0.385. The number of esters is 1. The Morgan fingerprint density at radius 2 is 2.58 bits per heavy atom. The minimum atomic E-state index is -0.715. The standard InChI is InChI=1S/C9H12O3/c1-2-3-4-7(10)8-5-6-9(11)12-8/h3-8,10H,2H2,1H3/t7-,8+/m1/s1. The number of carbonyl (C=O) groups is 1. The molecule has 1 aliphatic rings. The first kappa shape index (κ1) is 9.00. The molecule has 0 spiro atoms. The van der Waals surface area contributed by atoms with Gasteiger partial charge in [-0.2, -0.15) is 0 Å². The zero-order chi connectivity index (χ0) is 8.97. The van der Waals surface area contributed by atoms with Gasteiger partial charge in [0.2, 0.25) is 0 Å². The van der Waals surface area contributed by atoms with E-state index in [4.69, 9.17) is 4.74 Å². The van der Waals surface area contributed by atoms with Crippen molar-refractivity contribution >= 4 is 5.97 Å². The van der Waals surface area contributed by atoms with Crippen LogP contribution in [0.4, 0.5) is 0 Å². The lowest BCUT2D eigenvalue weighted by Crippen LogP contribution is -2.23. The molecule has 0 aromatic heterocycles. The molecular weight excluding hydrogens is 156 g/mol. The second kappa shape index (κ2) is 4.07. The van der Waals surface area contributed by atoms with Gasteiger partial charge in [0.15, 0.2) is 6.10 Å². The lowest BCUT2D eigenvalue weighted by molar-refractivity contribution is -0.141. The largest absolute Gasteiger partial charge is 0.452 e. The number of aliphatic hydroxyl groups excluding tert-OH is 1. The lowest BCUT2D eigenvalue weighted by atomic mass is 10.2. The van der Waals surface area contributed by atoms with E-state index < -0.39 is 12.2 Å². The fraction of sp³-hybridized carbons (Fsp3) is 0.444. The molecule has 1 aliphatic heterocycles. The first-order valence-corrected chi connectivity index (χ1v) is 3.97. The molecule has 0 unspecified atom stereocenters. The minimum Gasteiger partial charge on any atom is -0.452 e. The second-order valence-electron chi connectivity index (χ2n) is 2.59. The Morgan fingerprint density at radius 3 is 3.08 bits per heavy atom. The third-order valence-corrected chi connectivity index (χ3v) is 1.58. The van der Waals surface area contributed by atoms with Crippen LogP contribution >= 0.6 is 0 Å². The van der Waals surface area contributed by atoms with Crippen LogP contribution in [-0.4, -0.2) is 23.3 Å². The molecule has 0 bridgehead atoms. The molecule has 2 atom stereocenters. The Morgan fingerprint density at radius 1 is 1.83 bits per heavy atom. The van der Waals surface area contributed by atoms with Gasteiger partial charge >= 0.3 is 5.97 Å². The van der Waals surface area contributed by atoms with Crippen LogP contribution in [0.1, 0.15) is 13.3 Å². The average Bonchev–Trinajstić information content (AvgIpc) is 2.47. The first-order chi connectivity index (χ1) is 5.74. The maximum atomic E-state index is 10.6. The fourth-order valence-electron chi connectivity index (χ4n) is 0.955. The molecule has 0 radical (unpaired) electrons. The zero-order valence-corrected chi connectivity index (χ0v) is 6.93. The number of hydrogen-bond donors (Lipinski definition) is 1. The molecular formula is C9H12O3. The monoisotopic (exact) mass is 168 g/mol. The van der Waals surface area contributed by atoms with Gasteiger partial charge in [0.05, 0.1) is 0 Å². The lowest BCUT2D eigenvalue weighted by Gasteiger charge is -2.11. The van der Waals surface area contributed by atoms with Crippen molar-refractivity contribution in [3.05, 3.63) is 24.3 Å². The van der Waals surface area contributed by atoms with E-state index in [9.17, 15) is 9.90 Å². The quantitative estimate of drug-likeness (QED) is 0.500. The summed E-state index contributed by atoms with van der Waals surface area (Å²) < 4.78 is 4.77. The Labute approximate surface area is 71.3 Å². The smallest absolute Gasteiger partial charge is 0.331 e. The number of hydrogen-bond acceptors (Lipinski definition) is 3. The van der Waals surface area contributed by atoms with Crippen molar-refractivity contribution in [2.24, 2.45) is 0 Å². The highest BCUT2D eigenvalue weighted by Crippen LogP contribution is 2.10. The molecule has 66 valence electrons. The topological polar surface area (TPSA) is 46.5 Å². The molecule has 0 aromatic carbocycles. The van der Waals surface area contributed by atoms with Crippen molar-refractivity contribution in [1.82, 2.24) is 0 Å². The number of aliphatic hydroxyl groups is 1. The molecule has 1 heterocycles. The Hall–Kier alpha value is -1.09. The van der Waals surface area contributed by atoms with Gasteiger partial charge in [-0.05, 0) is 12.5 Å². The molecule has 0 saturated carbocycles. The third kappa shape index (κ3) is 2.20. The number of rotatable bonds is 3. The minimum absolute atomic E-state index is 0.385. The third-order valence-electron chi connectivity index (χ3n) is 1.58.